The van der Waals surface area contributed by atoms with Gasteiger partial charge in [0.2, 0.25) is 0 Å². The van der Waals surface area contributed by atoms with Gasteiger partial charge in [0.25, 0.3) is 0 Å². The second-order valence-electron chi connectivity index (χ2n) is 4.76. The van der Waals surface area contributed by atoms with Crippen LogP contribution >= 0.6 is 0 Å². The molecule has 0 spiro atoms. The topological polar surface area (TPSA) is 32.3 Å². The molecule has 0 fully saturated rings. The predicted molar refractivity (Wildman–Crippen MR) is 66.7 cm³/mol. The van der Waals surface area contributed by atoms with Crippen LogP contribution in [0.4, 0.5) is 22.0 Å². The third-order valence-electron chi connectivity index (χ3n) is 2.69. The van der Waals surface area contributed by atoms with Crippen LogP contribution < -0.4 is 5.32 Å². The van der Waals surface area contributed by atoms with Crippen LogP contribution in [0.3, 0.4) is 0 Å². The first-order valence-corrected chi connectivity index (χ1v) is 6.00. The van der Waals surface area contributed by atoms with E-state index in [2.05, 4.69) is 0 Å². The second-order valence-corrected chi connectivity index (χ2v) is 4.76. The van der Waals surface area contributed by atoms with Crippen LogP contribution in [0.25, 0.3) is 0 Å². The molecule has 1 aromatic rings. The summed E-state index contributed by atoms with van der Waals surface area (Å²) >= 11 is 0. The molecule has 118 valence electrons. The number of halogens is 5. The molecule has 1 N–H and O–H groups in total. The highest BCUT2D eigenvalue weighted by Crippen LogP contribution is 2.35. The number of hydrogen-bond acceptors (Lipinski definition) is 2. The lowest BCUT2D eigenvalue weighted by Crippen LogP contribution is -2.50. The largest absolute Gasteiger partial charge is 0.463 e. The number of carbonyl (C=O) groups is 1. The first-order chi connectivity index (χ1) is 9.55. The standard InChI is InChI=1S/C13H15F5N2O/c1-20(2)8-10-6-4-3-5-9(10)7-19-11(21)12(14,15)13(16,17)18/h3-6H,7-8H2,1-2H3,(H,19,21). The lowest BCUT2D eigenvalue weighted by atomic mass is 10.1. The summed E-state index contributed by atoms with van der Waals surface area (Å²) in [7, 11) is 3.57. The van der Waals surface area contributed by atoms with Gasteiger partial charge < -0.3 is 10.2 Å². The summed E-state index contributed by atoms with van der Waals surface area (Å²) < 4.78 is 61.7. The fraction of sp³-hybridized carbons (Fsp3) is 0.462. The van der Waals surface area contributed by atoms with Crippen LogP contribution in [0, 0.1) is 0 Å². The van der Waals surface area contributed by atoms with Crippen LogP contribution in [0.2, 0.25) is 0 Å². The Morgan fingerprint density at radius 2 is 1.62 bits per heavy atom. The number of rotatable bonds is 5. The van der Waals surface area contributed by atoms with E-state index in [-0.39, 0.29) is 0 Å². The lowest BCUT2D eigenvalue weighted by Gasteiger charge is -2.19. The van der Waals surface area contributed by atoms with E-state index < -0.39 is 24.6 Å². The van der Waals surface area contributed by atoms with Gasteiger partial charge >= 0.3 is 18.0 Å². The van der Waals surface area contributed by atoms with Gasteiger partial charge in [-0.25, -0.2) is 0 Å². The molecular weight excluding hydrogens is 295 g/mol. The van der Waals surface area contributed by atoms with E-state index in [9.17, 15) is 26.7 Å². The number of benzene rings is 1. The van der Waals surface area contributed by atoms with Crippen molar-refractivity contribution in [1.82, 2.24) is 10.2 Å². The maximum Gasteiger partial charge on any atom is 0.463 e. The van der Waals surface area contributed by atoms with Gasteiger partial charge in [-0.15, -0.1) is 0 Å². The van der Waals surface area contributed by atoms with Crippen molar-refractivity contribution in [2.45, 2.75) is 25.2 Å². The van der Waals surface area contributed by atoms with Gasteiger partial charge in [-0.2, -0.15) is 22.0 Å². The molecule has 21 heavy (non-hydrogen) atoms. The van der Waals surface area contributed by atoms with Gasteiger partial charge in [-0.1, -0.05) is 24.3 Å². The minimum absolute atomic E-state index is 0.394. The summed E-state index contributed by atoms with van der Waals surface area (Å²) in [5, 5.41) is 1.63. The molecule has 0 aliphatic carbocycles. The highest BCUT2D eigenvalue weighted by atomic mass is 19.4. The highest BCUT2D eigenvalue weighted by Gasteiger charge is 2.63. The third-order valence-corrected chi connectivity index (χ3v) is 2.69. The summed E-state index contributed by atoms with van der Waals surface area (Å²) in [5.74, 6) is -7.75. The van der Waals surface area contributed by atoms with Crippen LogP contribution in [0.5, 0.6) is 0 Å². The van der Waals surface area contributed by atoms with E-state index >= 15 is 0 Å². The average Bonchev–Trinajstić information content (AvgIpc) is 2.35. The summed E-state index contributed by atoms with van der Waals surface area (Å²) in [6.07, 6.45) is -5.90. The maximum atomic E-state index is 12.8. The number of hydrogen-bond donors (Lipinski definition) is 1. The Bertz CT molecular complexity index is 500. The zero-order valence-electron chi connectivity index (χ0n) is 11.5. The van der Waals surface area contributed by atoms with E-state index in [4.69, 9.17) is 0 Å². The van der Waals surface area contributed by atoms with Crippen LogP contribution in [0.15, 0.2) is 24.3 Å². The first kappa shape index (κ1) is 17.4. The van der Waals surface area contributed by atoms with Crippen molar-refractivity contribution in [2.24, 2.45) is 0 Å². The molecule has 0 radical (unpaired) electrons. The molecule has 3 nitrogen and oxygen atoms in total. The van der Waals surface area contributed by atoms with Crippen LogP contribution in [-0.4, -0.2) is 37.0 Å². The molecule has 0 aromatic heterocycles. The molecule has 0 unspecified atom stereocenters. The summed E-state index contributed by atoms with van der Waals surface area (Å²) in [5.41, 5.74) is 1.22. The Morgan fingerprint density at radius 1 is 1.10 bits per heavy atom. The maximum absolute atomic E-state index is 12.8. The molecule has 8 heteroatoms. The van der Waals surface area contributed by atoms with Gasteiger partial charge in [-0.05, 0) is 25.2 Å². The SMILES string of the molecule is CN(C)Cc1ccccc1CNC(=O)C(F)(F)C(F)(F)F. The molecule has 0 saturated heterocycles. The minimum atomic E-state index is -5.90. The predicted octanol–water partition coefficient (Wildman–Crippen LogP) is 2.56. The molecule has 0 atom stereocenters. The van der Waals surface area contributed by atoms with E-state index in [0.29, 0.717) is 12.1 Å². The van der Waals surface area contributed by atoms with Crippen molar-refractivity contribution in [3.8, 4) is 0 Å². The normalized spacial score (nSPS) is 12.6. The van der Waals surface area contributed by atoms with Crippen molar-refractivity contribution < 1.29 is 26.7 Å². The van der Waals surface area contributed by atoms with E-state index in [1.807, 2.05) is 4.90 Å². The van der Waals surface area contributed by atoms with Gasteiger partial charge in [0.15, 0.2) is 0 Å². The van der Waals surface area contributed by atoms with Crippen molar-refractivity contribution in [3.05, 3.63) is 35.4 Å². The Kier molecular flexibility index (Phi) is 5.27. The van der Waals surface area contributed by atoms with Crippen LogP contribution in [0.1, 0.15) is 11.1 Å². The summed E-state index contributed by atoms with van der Waals surface area (Å²) in [6, 6.07) is 6.60. The molecular formula is C13H15F5N2O. The molecule has 0 aliphatic heterocycles. The molecule has 0 heterocycles. The average molecular weight is 310 g/mol. The monoisotopic (exact) mass is 310 g/mol. The minimum Gasteiger partial charge on any atom is -0.346 e. The Labute approximate surface area is 118 Å². The fourth-order valence-electron chi connectivity index (χ4n) is 1.64. The number of nitrogens with one attached hydrogen (secondary N) is 1. The van der Waals surface area contributed by atoms with Gasteiger partial charge in [0.05, 0.1) is 0 Å². The van der Waals surface area contributed by atoms with Gasteiger partial charge in [0, 0.05) is 13.1 Å². The smallest absolute Gasteiger partial charge is 0.346 e. The van der Waals surface area contributed by atoms with Gasteiger partial charge in [0.1, 0.15) is 0 Å². The highest BCUT2D eigenvalue weighted by molar-refractivity contribution is 5.84. The molecule has 0 saturated carbocycles. The lowest BCUT2D eigenvalue weighted by molar-refractivity contribution is -0.269. The Balaban J connectivity index is 2.78. The van der Waals surface area contributed by atoms with Gasteiger partial charge in [-0.3, -0.25) is 4.79 Å². The third kappa shape index (κ3) is 4.38. The first-order valence-electron chi connectivity index (χ1n) is 6.00. The van der Waals surface area contributed by atoms with Crippen molar-refractivity contribution in [2.75, 3.05) is 14.1 Å². The summed E-state index contributed by atoms with van der Waals surface area (Å²) in [6.45, 7) is 0.0796. The molecule has 0 bridgehead atoms. The second kappa shape index (κ2) is 6.38. The Hall–Kier alpha value is -1.70. The van der Waals surface area contributed by atoms with E-state index in [0.717, 1.165) is 5.56 Å². The molecule has 1 amide bonds. The summed E-state index contributed by atoms with van der Waals surface area (Å²) in [4.78, 5) is 12.8. The van der Waals surface area contributed by atoms with Crippen molar-refractivity contribution in [3.63, 3.8) is 0 Å². The molecule has 1 rings (SSSR count). The number of alkyl halides is 5. The fourth-order valence-corrected chi connectivity index (χ4v) is 1.64. The quantitative estimate of drug-likeness (QED) is 0.848. The van der Waals surface area contributed by atoms with Crippen molar-refractivity contribution in [1.29, 1.82) is 0 Å². The number of amides is 1. The Morgan fingerprint density at radius 3 is 2.10 bits per heavy atom. The zero-order valence-corrected chi connectivity index (χ0v) is 11.5. The zero-order chi connectivity index (χ0) is 16.3. The number of carbonyl (C=O) groups excluding carboxylic acids is 1. The molecule has 1 aromatic carbocycles. The van der Waals surface area contributed by atoms with E-state index in [1.54, 1.807) is 43.7 Å². The number of nitrogens with zero attached hydrogens (tertiary/aromatic N) is 1. The molecule has 0 aliphatic rings. The van der Waals surface area contributed by atoms with Crippen LogP contribution in [-0.2, 0) is 17.9 Å². The van der Waals surface area contributed by atoms with E-state index in [1.165, 1.54) is 0 Å². The van der Waals surface area contributed by atoms with Crippen molar-refractivity contribution >= 4 is 5.91 Å².